The fourth-order valence-corrected chi connectivity index (χ4v) is 6.72. The number of likely N-dealkylation sites (tertiary alicyclic amines) is 1. The molecule has 1 amide bonds. The van der Waals surface area contributed by atoms with Gasteiger partial charge in [-0.15, -0.1) is 0 Å². The van der Waals surface area contributed by atoms with Crippen molar-refractivity contribution in [2.24, 2.45) is 5.41 Å². The lowest BCUT2D eigenvalue weighted by Crippen LogP contribution is -2.55. The maximum atomic E-state index is 14.1. The van der Waals surface area contributed by atoms with E-state index in [1.807, 2.05) is 37.3 Å². The molecular formula is C28H35Cl2NO5S. The molecule has 0 spiro atoms. The van der Waals surface area contributed by atoms with E-state index in [-0.39, 0.29) is 30.4 Å². The van der Waals surface area contributed by atoms with Crippen LogP contribution in [0.1, 0.15) is 77.0 Å². The molecule has 3 unspecified atom stereocenters. The Labute approximate surface area is 229 Å². The number of aliphatic carboxylic acids is 1. The highest BCUT2D eigenvalue weighted by Gasteiger charge is 2.52. The zero-order valence-corrected chi connectivity index (χ0v) is 24.2. The summed E-state index contributed by atoms with van der Waals surface area (Å²) in [5, 5.41) is 10.8. The van der Waals surface area contributed by atoms with Gasteiger partial charge in [0, 0.05) is 22.0 Å². The van der Waals surface area contributed by atoms with E-state index >= 15 is 0 Å². The van der Waals surface area contributed by atoms with Gasteiger partial charge < -0.3 is 10.0 Å². The molecule has 2 aromatic rings. The van der Waals surface area contributed by atoms with Crippen LogP contribution in [0.3, 0.4) is 0 Å². The summed E-state index contributed by atoms with van der Waals surface area (Å²) in [6.07, 6.45) is 0.190. The minimum Gasteiger partial charge on any atom is -0.481 e. The van der Waals surface area contributed by atoms with Crippen LogP contribution < -0.4 is 0 Å². The van der Waals surface area contributed by atoms with Crippen molar-refractivity contribution in [2.45, 2.75) is 76.6 Å². The van der Waals surface area contributed by atoms with Gasteiger partial charge in [0.05, 0.1) is 28.4 Å². The molecule has 3 rings (SSSR count). The fourth-order valence-electron chi connectivity index (χ4n) is 5.13. The summed E-state index contributed by atoms with van der Waals surface area (Å²) in [6, 6.07) is 13.7. The molecule has 0 saturated carbocycles. The maximum Gasteiger partial charge on any atom is 0.304 e. The topological polar surface area (TPSA) is 91.8 Å². The van der Waals surface area contributed by atoms with Crippen LogP contribution in [-0.4, -0.2) is 46.8 Å². The minimum atomic E-state index is -3.42. The SMILES string of the molecule is C[C@@H](CCS(=O)(=O)C(C)(C)C)N1C(=O)C(C)(CC(=O)O)CC(c2cccc(Cl)c2)C1c1ccc(Cl)cc1. The van der Waals surface area contributed by atoms with Gasteiger partial charge in [-0.25, -0.2) is 8.42 Å². The van der Waals surface area contributed by atoms with Gasteiger partial charge in [-0.3, -0.25) is 9.59 Å². The van der Waals surface area contributed by atoms with E-state index in [9.17, 15) is 23.1 Å². The molecule has 1 fully saturated rings. The van der Waals surface area contributed by atoms with Crippen LogP contribution >= 0.6 is 23.2 Å². The highest BCUT2D eigenvalue weighted by atomic mass is 35.5. The third-order valence-electron chi connectivity index (χ3n) is 7.34. The third kappa shape index (κ3) is 6.50. The van der Waals surface area contributed by atoms with Gasteiger partial charge in [-0.05, 0) is 75.9 Å². The van der Waals surface area contributed by atoms with Gasteiger partial charge in [0.2, 0.25) is 5.91 Å². The summed E-state index contributed by atoms with van der Waals surface area (Å²) in [4.78, 5) is 27.7. The zero-order chi connectivity index (χ0) is 27.8. The van der Waals surface area contributed by atoms with E-state index in [0.29, 0.717) is 16.5 Å². The van der Waals surface area contributed by atoms with Crippen molar-refractivity contribution in [1.82, 2.24) is 4.90 Å². The van der Waals surface area contributed by atoms with Crippen LogP contribution in [0.4, 0.5) is 0 Å². The Hall–Kier alpha value is -2.09. The second-order valence-corrected chi connectivity index (χ2v) is 15.0. The van der Waals surface area contributed by atoms with Gasteiger partial charge in [-0.1, -0.05) is 54.4 Å². The van der Waals surface area contributed by atoms with Crippen molar-refractivity contribution < 1.29 is 23.1 Å². The largest absolute Gasteiger partial charge is 0.481 e. The number of carbonyl (C=O) groups excluding carboxylic acids is 1. The summed E-state index contributed by atoms with van der Waals surface area (Å²) in [5.74, 6) is -1.72. The average Bonchev–Trinajstić information content (AvgIpc) is 2.78. The number of nitrogens with zero attached hydrogens (tertiary/aromatic N) is 1. The molecule has 202 valence electrons. The van der Waals surface area contributed by atoms with Gasteiger partial charge >= 0.3 is 5.97 Å². The van der Waals surface area contributed by atoms with Gasteiger partial charge in [0.1, 0.15) is 0 Å². The highest BCUT2D eigenvalue weighted by Crippen LogP contribution is 2.52. The van der Waals surface area contributed by atoms with Gasteiger partial charge in [0.15, 0.2) is 9.84 Å². The molecule has 6 nitrogen and oxygen atoms in total. The van der Waals surface area contributed by atoms with Crippen molar-refractivity contribution >= 4 is 44.9 Å². The van der Waals surface area contributed by atoms with Gasteiger partial charge in [-0.2, -0.15) is 0 Å². The standard InChI is InChI=1S/C28H35Cl2NO5S/c1-18(13-14-37(35,36)27(2,3)4)31-25(19-9-11-21(29)12-10-19)23(20-7-6-8-22(30)15-20)16-28(5,26(31)34)17-24(32)33/h6-12,15,18,23,25H,13-14,16-17H2,1-5H3,(H,32,33)/t18-,23?,25?,28?/m0/s1. The predicted molar refractivity (Wildman–Crippen MR) is 148 cm³/mol. The normalized spacial score (nSPS) is 23.6. The number of carboxylic acid groups (broad SMARTS) is 1. The lowest BCUT2D eigenvalue weighted by Gasteiger charge is -2.51. The van der Waals surface area contributed by atoms with E-state index in [1.54, 1.807) is 50.8 Å². The molecule has 0 aliphatic carbocycles. The van der Waals surface area contributed by atoms with Crippen LogP contribution in [0.25, 0.3) is 0 Å². The fraction of sp³-hybridized carbons (Fsp3) is 0.500. The van der Waals surface area contributed by atoms with Crippen LogP contribution in [0, 0.1) is 5.41 Å². The molecular weight excluding hydrogens is 533 g/mol. The number of halogens is 2. The Kier molecular flexibility index (Phi) is 8.72. The number of carbonyl (C=O) groups is 2. The second-order valence-electron chi connectivity index (χ2n) is 11.3. The summed E-state index contributed by atoms with van der Waals surface area (Å²) in [7, 11) is -3.42. The molecule has 2 aromatic carbocycles. The number of amides is 1. The molecule has 1 heterocycles. The first-order valence-corrected chi connectivity index (χ1v) is 14.7. The lowest BCUT2D eigenvalue weighted by molar-refractivity contribution is -0.160. The summed E-state index contributed by atoms with van der Waals surface area (Å²) in [6.45, 7) is 8.50. The van der Waals surface area contributed by atoms with Crippen LogP contribution in [-0.2, 0) is 19.4 Å². The molecule has 37 heavy (non-hydrogen) atoms. The molecule has 0 radical (unpaired) electrons. The number of hydrogen-bond acceptors (Lipinski definition) is 4. The Bertz CT molecular complexity index is 1260. The molecule has 0 aromatic heterocycles. The molecule has 1 aliphatic rings. The molecule has 0 bridgehead atoms. The molecule has 4 atom stereocenters. The Morgan fingerprint density at radius 3 is 2.27 bits per heavy atom. The van der Waals surface area contributed by atoms with E-state index in [1.165, 1.54) is 0 Å². The number of rotatable bonds is 8. The summed E-state index contributed by atoms with van der Waals surface area (Å²) >= 11 is 12.5. The van der Waals surface area contributed by atoms with E-state index < -0.39 is 38.1 Å². The summed E-state index contributed by atoms with van der Waals surface area (Å²) in [5.41, 5.74) is 0.542. The quantitative estimate of drug-likeness (QED) is 0.391. The third-order valence-corrected chi connectivity index (χ3v) is 10.5. The monoisotopic (exact) mass is 567 g/mol. The van der Waals surface area contributed by atoms with Gasteiger partial charge in [0.25, 0.3) is 0 Å². The average molecular weight is 569 g/mol. The van der Waals surface area contributed by atoms with Crippen LogP contribution in [0.5, 0.6) is 0 Å². The predicted octanol–water partition coefficient (Wildman–Crippen LogP) is 6.52. The number of benzene rings is 2. The molecule has 9 heteroatoms. The van der Waals surface area contributed by atoms with Crippen molar-refractivity contribution in [2.75, 3.05) is 5.75 Å². The van der Waals surface area contributed by atoms with Crippen molar-refractivity contribution in [1.29, 1.82) is 0 Å². The number of piperidine rings is 1. The highest BCUT2D eigenvalue weighted by molar-refractivity contribution is 7.92. The van der Waals surface area contributed by atoms with Crippen LogP contribution in [0.15, 0.2) is 48.5 Å². The smallest absolute Gasteiger partial charge is 0.304 e. The van der Waals surface area contributed by atoms with E-state index in [4.69, 9.17) is 23.2 Å². The molecule has 1 saturated heterocycles. The van der Waals surface area contributed by atoms with E-state index in [2.05, 4.69) is 0 Å². The summed E-state index contributed by atoms with van der Waals surface area (Å²) < 4.78 is 24.9. The maximum absolute atomic E-state index is 14.1. The Balaban J connectivity index is 2.16. The molecule has 1 aliphatic heterocycles. The Morgan fingerprint density at radius 1 is 1.11 bits per heavy atom. The minimum absolute atomic E-state index is 0.0910. The number of carboxylic acids is 1. The van der Waals surface area contributed by atoms with Crippen molar-refractivity contribution in [3.63, 3.8) is 0 Å². The van der Waals surface area contributed by atoms with Crippen LogP contribution in [0.2, 0.25) is 10.0 Å². The molecule has 1 N–H and O–H groups in total. The van der Waals surface area contributed by atoms with Crippen molar-refractivity contribution in [3.05, 3.63) is 69.7 Å². The number of sulfone groups is 1. The first-order valence-electron chi connectivity index (χ1n) is 12.3. The first-order chi connectivity index (χ1) is 17.1. The van der Waals surface area contributed by atoms with Crippen molar-refractivity contribution in [3.8, 4) is 0 Å². The van der Waals surface area contributed by atoms with E-state index in [0.717, 1.165) is 11.1 Å². The Morgan fingerprint density at radius 2 is 1.73 bits per heavy atom. The zero-order valence-electron chi connectivity index (χ0n) is 21.9. The first kappa shape index (κ1) is 29.5. The number of hydrogen-bond donors (Lipinski definition) is 1. The second kappa shape index (κ2) is 11.0. The lowest BCUT2D eigenvalue weighted by atomic mass is 9.67.